The second-order valence-electron chi connectivity index (χ2n) is 27.0. The molecule has 0 bridgehead atoms. The highest BCUT2D eigenvalue weighted by Crippen LogP contribution is 2.45. The fourth-order valence-electron chi connectivity index (χ4n) is 10.1. The standard InChI is InChI=1S/C23H33N.C23H34O.C18H28O.C8H14NO2P/c2*1-18(15-17-24)10-8-12-20(22(3,4)5)13-14-21-19(2)11-9-16-23(21,6)7;1-14-8-7-12-18(5,6)16(14)10-9-15(11-13-19)17(2,3)4;1-4-11-12(3,10)7-8(2)5-6-9/h8,10,12-15H,9,11,16H2,1-7H3;8,10,12-15,17H,9,11,16H2,1-7H3;9-11,13H,7-8,12H2,1-6H3;5H,4,7H2,1-3H3/b2*10-8+,14-13+,18-15+,20-12-;10-9+,15-11+;8-5+. The SMILES string of the molecule is CC1=C(/C=C/C(=C/C=C/C(C)=C/C#N)C(C)(C)C)C(C)(C)CCC1.CC1=C(/C=C/C(=C/C=C/C(C)=C/C=O)C(C)(C)C)C(C)(C)CCC1.CC1=C(/C=C/C(=C\C=O)C(C)(C)C)C(C)(C)CCC1.CCOP(C)(=O)C/C(C)=C/C#N. The average molecular weight is 1100 g/mol. The third-order valence-electron chi connectivity index (χ3n) is 14.9. The Bertz CT molecular complexity index is 2630. The normalized spacial score (nSPS) is 19.9. The van der Waals surface area contributed by atoms with Crippen LogP contribution in [-0.2, 0) is 18.7 Å². The Hall–Kier alpha value is -5.13. The van der Waals surface area contributed by atoms with Gasteiger partial charge in [0.15, 0.2) is 0 Å². The van der Waals surface area contributed by atoms with E-state index >= 15 is 0 Å². The number of nitriles is 2. The fourth-order valence-corrected chi connectivity index (χ4v) is 11.8. The Balaban J connectivity index is 0.00000106. The molecule has 0 aromatic heterocycles. The predicted octanol–water partition coefficient (Wildman–Crippen LogP) is 21.5. The van der Waals surface area contributed by atoms with Gasteiger partial charge >= 0.3 is 0 Å². The highest BCUT2D eigenvalue weighted by Gasteiger charge is 2.29. The van der Waals surface area contributed by atoms with E-state index in [0.29, 0.717) is 12.8 Å². The van der Waals surface area contributed by atoms with Crippen LogP contribution in [0.5, 0.6) is 0 Å². The van der Waals surface area contributed by atoms with E-state index in [1.165, 1.54) is 108 Å². The number of aldehydes is 2. The van der Waals surface area contributed by atoms with Crippen molar-refractivity contribution in [1.29, 1.82) is 10.5 Å². The molecule has 7 heteroatoms. The van der Waals surface area contributed by atoms with Crippen LogP contribution in [0, 0.1) is 55.2 Å². The van der Waals surface area contributed by atoms with Crippen LogP contribution in [0.25, 0.3) is 0 Å². The molecule has 1 unspecified atom stereocenters. The third kappa shape index (κ3) is 29.2. The molecule has 0 aromatic rings. The van der Waals surface area contributed by atoms with E-state index in [4.69, 9.17) is 15.0 Å². The first-order chi connectivity index (χ1) is 36.3. The number of rotatable bonds is 16. The van der Waals surface area contributed by atoms with Crippen LogP contribution in [-0.4, -0.2) is 32.0 Å². The summed E-state index contributed by atoms with van der Waals surface area (Å²) >= 11 is 0. The molecule has 0 aromatic carbocycles. The molecule has 0 radical (unpaired) electrons. The smallest absolute Gasteiger partial charge is 0.204 e. The van der Waals surface area contributed by atoms with Gasteiger partial charge in [-0.25, -0.2) is 0 Å². The Morgan fingerprint density at radius 2 is 0.873 bits per heavy atom. The van der Waals surface area contributed by atoms with Crippen molar-refractivity contribution in [3.63, 3.8) is 0 Å². The summed E-state index contributed by atoms with van der Waals surface area (Å²) in [6, 6.07) is 3.96. The number of nitrogens with zero attached hydrogens (tertiary/aromatic N) is 2. The molecule has 0 saturated heterocycles. The highest BCUT2D eigenvalue weighted by molar-refractivity contribution is 7.58. The van der Waals surface area contributed by atoms with Crippen molar-refractivity contribution in [2.24, 2.45) is 32.5 Å². The molecule has 3 aliphatic carbocycles. The summed E-state index contributed by atoms with van der Waals surface area (Å²) in [6.07, 6.45) is 45.5. The number of hydrogen-bond donors (Lipinski definition) is 0. The van der Waals surface area contributed by atoms with Crippen molar-refractivity contribution >= 4 is 19.9 Å². The van der Waals surface area contributed by atoms with Gasteiger partial charge in [0.2, 0.25) is 7.37 Å². The molecule has 0 saturated carbocycles. The largest absolute Gasteiger partial charge is 0.329 e. The van der Waals surface area contributed by atoms with Crippen molar-refractivity contribution in [1.82, 2.24) is 0 Å². The van der Waals surface area contributed by atoms with E-state index in [1.807, 2.05) is 44.2 Å². The summed E-state index contributed by atoms with van der Waals surface area (Å²) in [7, 11) is -2.50. The first-order valence-electron chi connectivity index (χ1n) is 28.9. The van der Waals surface area contributed by atoms with Gasteiger partial charge in [-0.1, -0.05) is 199 Å². The van der Waals surface area contributed by atoms with Crippen molar-refractivity contribution < 1.29 is 18.7 Å². The predicted molar refractivity (Wildman–Crippen MR) is 344 cm³/mol. The summed E-state index contributed by atoms with van der Waals surface area (Å²) in [5.41, 5.74) is 16.3. The summed E-state index contributed by atoms with van der Waals surface area (Å²) in [5.74, 6) is 0. The Kier molecular flexibility index (Phi) is 32.0. The van der Waals surface area contributed by atoms with Gasteiger partial charge in [0.1, 0.15) is 12.6 Å². The zero-order valence-corrected chi connectivity index (χ0v) is 55.0. The van der Waals surface area contributed by atoms with Gasteiger partial charge in [-0.3, -0.25) is 14.2 Å². The minimum Gasteiger partial charge on any atom is -0.329 e. The van der Waals surface area contributed by atoms with Crippen LogP contribution in [0.2, 0.25) is 0 Å². The zero-order chi connectivity index (χ0) is 61.1. The minimum atomic E-state index is -2.50. The van der Waals surface area contributed by atoms with Crippen molar-refractivity contribution in [2.75, 3.05) is 19.4 Å². The molecule has 6 nitrogen and oxygen atoms in total. The maximum atomic E-state index is 11.5. The molecule has 3 rings (SSSR count). The minimum absolute atomic E-state index is 0.00465. The van der Waals surface area contributed by atoms with Crippen LogP contribution in [0.4, 0.5) is 0 Å². The highest BCUT2D eigenvalue weighted by atomic mass is 31.2. The Morgan fingerprint density at radius 3 is 1.16 bits per heavy atom. The molecule has 0 N–H and O–H groups in total. The maximum Gasteiger partial charge on any atom is 0.204 e. The monoisotopic (exact) mass is 1100 g/mol. The van der Waals surface area contributed by atoms with Crippen molar-refractivity contribution in [3.8, 4) is 12.1 Å². The lowest BCUT2D eigenvalue weighted by Crippen LogP contribution is -2.19. The lowest BCUT2D eigenvalue weighted by molar-refractivity contribution is -0.104. The number of allylic oxidation sites excluding steroid dienone is 28. The van der Waals surface area contributed by atoms with Gasteiger partial charge in [0.25, 0.3) is 0 Å². The quantitative estimate of drug-likeness (QED) is 0.0501. The van der Waals surface area contributed by atoms with Gasteiger partial charge < -0.3 is 4.52 Å². The van der Waals surface area contributed by atoms with Crippen LogP contribution >= 0.6 is 7.37 Å². The second kappa shape index (κ2) is 34.2. The molecule has 79 heavy (non-hydrogen) atoms. The van der Waals surface area contributed by atoms with E-state index < -0.39 is 7.37 Å². The molecular formula is C72H109N2O4P. The lowest BCUT2D eigenvalue weighted by Gasteiger charge is -2.33. The van der Waals surface area contributed by atoms with Gasteiger partial charge in [-0.15, -0.1) is 0 Å². The van der Waals surface area contributed by atoms with Crippen LogP contribution in [0.3, 0.4) is 0 Å². The zero-order valence-electron chi connectivity index (χ0n) is 54.1. The van der Waals surface area contributed by atoms with Crippen molar-refractivity contribution in [3.05, 3.63) is 164 Å². The summed E-state index contributed by atoms with van der Waals surface area (Å²) in [5, 5.41) is 17.0. The van der Waals surface area contributed by atoms with Gasteiger partial charge in [0, 0.05) is 25.0 Å². The second-order valence-corrected chi connectivity index (χ2v) is 29.6. The fraction of sp³-hybridized carbons (Fsp3) is 0.556. The molecule has 0 heterocycles. The molecule has 0 aliphatic heterocycles. The topological polar surface area (TPSA) is 108 Å². The first kappa shape index (κ1) is 73.9. The number of hydrogen-bond acceptors (Lipinski definition) is 6. The Labute approximate surface area is 485 Å². The van der Waals surface area contributed by atoms with E-state index in [2.05, 4.69) is 179 Å². The van der Waals surface area contributed by atoms with Gasteiger partial charge in [-0.05, 0) is 195 Å². The van der Waals surface area contributed by atoms with E-state index in [9.17, 15) is 14.2 Å². The third-order valence-corrected chi connectivity index (χ3v) is 16.8. The summed E-state index contributed by atoms with van der Waals surface area (Å²) < 4.78 is 16.6. The van der Waals surface area contributed by atoms with Crippen LogP contribution in [0.1, 0.15) is 210 Å². The molecule has 0 spiro atoms. The van der Waals surface area contributed by atoms with Crippen LogP contribution in [0.15, 0.2) is 164 Å². The lowest BCUT2D eigenvalue weighted by atomic mass is 9.72. The van der Waals surface area contributed by atoms with Gasteiger partial charge in [-0.2, -0.15) is 10.5 Å². The Morgan fingerprint density at radius 1 is 0.544 bits per heavy atom. The molecule has 436 valence electrons. The number of carbonyl (C=O) groups excluding carboxylic acids is 2. The van der Waals surface area contributed by atoms with Gasteiger partial charge in [0.05, 0.1) is 18.7 Å². The molecule has 1 atom stereocenters. The molecular weight excluding hydrogens is 988 g/mol. The molecule has 3 aliphatic rings. The van der Waals surface area contributed by atoms with E-state index in [1.54, 1.807) is 38.7 Å². The summed E-state index contributed by atoms with van der Waals surface area (Å²) in [6.45, 7) is 50.2. The van der Waals surface area contributed by atoms with E-state index in [-0.39, 0.29) is 32.5 Å². The van der Waals surface area contributed by atoms with Crippen molar-refractivity contribution in [2.45, 2.75) is 210 Å². The average Bonchev–Trinajstić information content (AvgIpc) is 3.28. The van der Waals surface area contributed by atoms with E-state index in [0.717, 1.165) is 34.9 Å². The molecule has 0 amide bonds. The van der Waals surface area contributed by atoms with Crippen LogP contribution < -0.4 is 0 Å². The first-order valence-corrected chi connectivity index (χ1v) is 31.1. The summed E-state index contributed by atoms with van der Waals surface area (Å²) in [4.78, 5) is 21.3. The molecule has 0 fully saturated rings. The number of carbonyl (C=O) groups is 2. The maximum absolute atomic E-state index is 11.5.